The molecule has 0 unspecified atom stereocenters. The van der Waals surface area contributed by atoms with Gasteiger partial charge in [0.1, 0.15) is 10.4 Å². The number of fused-ring (bicyclic) bond motifs is 1. The molecule has 0 aromatic carbocycles. The molecule has 0 amide bonds. The Balaban J connectivity index is 2.90. The molecule has 0 aromatic rings. The number of hydrogen-bond donors (Lipinski definition) is 0. The van der Waals surface area contributed by atoms with Gasteiger partial charge in [-0.2, -0.15) is 5.26 Å². The molecule has 2 rings (SSSR count). The lowest BCUT2D eigenvalue weighted by Gasteiger charge is -1.87. The lowest BCUT2D eigenvalue weighted by atomic mass is 10.2. The Labute approximate surface area is 96.8 Å². The van der Waals surface area contributed by atoms with Crippen LogP contribution in [-0.2, 0) is 0 Å². The summed E-state index contributed by atoms with van der Waals surface area (Å²) in [5.74, 6) is 0. The highest BCUT2D eigenvalue weighted by Gasteiger charge is 2.26. The maximum atomic E-state index is 8.83. The average molecular weight is 269 g/mol. The van der Waals surface area contributed by atoms with Crippen LogP contribution in [0.2, 0.25) is 14.4 Å². The SMILES string of the molecule is N#Cc1c(Cl)c(Cl)c2ssc(Cl)c1-2. The molecule has 1 aliphatic carbocycles. The summed E-state index contributed by atoms with van der Waals surface area (Å²) < 4.78 is 0.574. The molecule has 0 spiro atoms. The van der Waals surface area contributed by atoms with Gasteiger partial charge < -0.3 is 0 Å². The molecule has 1 aliphatic heterocycles. The van der Waals surface area contributed by atoms with Crippen LogP contribution in [-0.4, -0.2) is 0 Å². The van der Waals surface area contributed by atoms with Gasteiger partial charge >= 0.3 is 0 Å². The van der Waals surface area contributed by atoms with E-state index in [0.717, 1.165) is 4.88 Å². The first kappa shape index (κ1) is 9.57. The largest absolute Gasteiger partial charge is 0.192 e. The summed E-state index contributed by atoms with van der Waals surface area (Å²) >= 11 is 17.7. The molecule has 0 fully saturated rings. The van der Waals surface area contributed by atoms with Crippen LogP contribution in [0.5, 0.6) is 0 Å². The Morgan fingerprint density at radius 2 is 1.77 bits per heavy atom. The fourth-order valence-electron chi connectivity index (χ4n) is 1.03. The molecule has 0 N–H and O–H groups in total. The summed E-state index contributed by atoms with van der Waals surface area (Å²) in [5, 5.41) is 9.57. The van der Waals surface area contributed by atoms with Crippen molar-refractivity contribution in [2.45, 2.75) is 0 Å². The molecule has 0 bridgehead atoms. The molecule has 1 nitrogen and oxygen atoms in total. The molecule has 66 valence electrons. The summed E-state index contributed by atoms with van der Waals surface area (Å²) in [6.07, 6.45) is 0. The van der Waals surface area contributed by atoms with Gasteiger partial charge in [0.25, 0.3) is 0 Å². The fraction of sp³-hybridized carbons (Fsp3) is 0. The Morgan fingerprint density at radius 3 is 2.38 bits per heavy atom. The van der Waals surface area contributed by atoms with E-state index in [1.807, 2.05) is 6.07 Å². The van der Waals surface area contributed by atoms with Gasteiger partial charge in [-0.15, -0.1) is 0 Å². The molecule has 0 saturated heterocycles. The molecule has 0 aromatic heterocycles. The molecule has 2 aliphatic rings. The van der Waals surface area contributed by atoms with Gasteiger partial charge in [-0.05, 0) is 0 Å². The number of nitrogens with zero attached hydrogens (tertiary/aromatic N) is 1. The molecular weight excluding hydrogens is 269 g/mol. The molecule has 0 atom stereocenters. The van der Waals surface area contributed by atoms with E-state index >= 15 is 0 Å². The Hall–Kier alpha value is 0.0200. The summed E-state index contributed by atoms with van der Waals surface area (Å²) in [4.78, 5) is 0.804. The second-order valence-electron chi connectivity index (χ2n) is 2.26. The van der Waals surface area contributed by atoms with Crippen molar-refractivity contribution in [2.75, 3.05) is 0 Å². The van der Waals surface area contributed by atoms with E-state index in [0.29, 0.717) is 25.5 Å². The third kappa shape index (κ3) is 1.25. The van der Waals surface area contributed by atoms with Crippen molar-refractivity contribution < 1.29 is 0 Å². The molecule has 0 radical (unpaired) electrons. The maximum absolute atomic E-state index is 8.83. The normalized spacial score (nSPS) is 10.6. The van der Waals surface area contributed by atoms with Crippen LogP contribution in [0.1, 0.15) is 5.56 Å². The van der Waals surface area contributed by atoms with E-state index < -0.39 is 0 Å². The Kier molecular flexibility index (Phi) is 2.43. The van der Waals surface area contributed by atoms with E-state index in [4.69, 9.17) is 40.1 Å². The van der Waals surface area contributed by atoms with Crippen LogP contribution < -0.4 is 0 Å². The predicted octanol–water partition coefficient (Wildman–Crippen LogP) is 4.75. The minimum absolute atomic E-state index is 0.306. The number of rotatable bonds is 0. The highest BCUT2D eigenvalue weighted by molar-refractivity contribution is 7.72. The van der Waals surface area contributed by atoms with Crippen molar-refractivity contribution in [1.29, 1.82) is 5.26 Å². The van der Waals surface area contributed by atoms with E-state index in [-0.39, 0.29) is 0 Å². The third-order valence-corrected chi connectivity index (χ3v) is 5.51. The quantitative estimate of drug-likeness (QED) is 0.633. The third-order valence-electron chi connectivity index (χ3n) is 1.60. The second kappa shape index (κ2) is 3.30. The first-order valence-electron chi connectivity index (χ1n) is 3.12. The molecular formula is C7Cl3NS2. The van der Waals surface area contributed by atoms with Crippen LogP contribution in [0.25, 0.3) is 10.4 Å². The van der Waals surface area contributed by atoms with Gasteiger partial charge in [-0.3, -0.25) is 0 Å². The zero-order valence-electron chi connectivity index (χ0n) is 5.90. The van der Waals surface area contributed by atoms with Crippen molar-refractivity contribution in [3.8, 4) is 16.5 Å². The van der Waals surface area contributed by atoms with E-state index in [1.165, 1.54) is 20.7 Å². The summed E-state index contributed by atoms with van der Waals surface area (Å²) in [6.45, 7) is 0. The molecule has 0 saturated carbocycles. The van der Waals surface area contributed by atoms with Gasteiger partial charge in [-0.25, -0.2) is 0 Å². The van der Waals surface area contributed by atoms with Crippen molar-refractivity contribution in [3.05, 3.63) is 19.9 Å². The predicted molar refractivity (Wildman–Crippen MR) is 58.6 cm³/mol. The van der Waals surface area contributed by atoms with Crippen molar-refractivity contribution in [3.63, 3.8) is 0 Å². The summed E-state index contributed by atoms with van der Waals surface area (Å²) in [6, 6.07) is 2.00. The van der Waals surface area contributed by atoms with E-state index in [2.05, 4.69) is 0 Å². The van der Waals surface area contributed by atoms with Crippen LogP contribution in [0.15, 0.2) is 0 Å². The van der Waals surface area contributed by atoms with Crippen LogP contribution in [0.3, 0.4) is 0 Å². The highest BCUT2D eigenvalue weighted by Crippen LogP contribution is 2.52. The zero-order chi connectivity index (χ0) is 9.59. The van der Waals surface area contributed by atoms with Crippen LogP contribution in [0.4, 0.5) is 0 Å². The van der Waals surface area contributed by atoms with Crippen molar-refractivity contribution in [1.82, 2.24) is 0 Å². The van der Waals surface area contributed by atoms with Crippen molar-refractivity contribution >= 4 is 55.5 Å². The molecule has 13 heavy (non-hydrogen) atoms. The minimum atomic E-state index is 0.306. The molecule has 6 heteroatoms. The highest BCUT2D eigenvalue weighted by atomic mass is 35.5. The lowest BCUT2D eigenvalue weighted by Crippen LogP contribution is -1.70. The standard InChI is InChI=1S/C7Cl3NS2/c8-4-2(1-11)3-6(5(4)9)12-13-7(3)10. The Morgan fingerprint density at radius 1 is 1.08 bits per heavy atom. The first-order valence-corrected chi connectivity index (χ1v) is 6.40. The van der Waals surface area contributed by atoms with E-state index in [9.17, 15) is 0 Å². The van der Waals surface area contributed by atoms with Gasteiger partial charge in [-0.1, -0.05) is 55.5 Å². The summed E-state index contributed by atoms with van der Waals surface area (Å²) in [7, 11) is 2.82. The topological polar surface area (TPSA) is 23.8 Å². The smallest absolute Gasteiger partial charge is 0.114 e. The Bertz CT molecular complexity index is 479. The number of nitriles is 1. The van der Waals surface area contributed by atoms with Crippen molar-refractivity contribution in [2.24, 2.45) is 0 Å². The van der Waals surface area contributed by atoms with Crippen LogP contribution in [0, 0.1) is 11.3 Å². The first-order chi connectivity index (χ1) is 6.16. The average Bonchev–Trinajstić information content (AvgIpc) is 2.58. The van der Waals surface area contributed by atoms with E-state index in [1.54, 1.807) is 0 Å². The minimum Gasteiger partial charge on any atom is -0.192 e. The number of halogens is 3. The summed E-state index contributed by atoms with van der Waals surface area (Å²) in [5.41, 5.74) is 1.07. The lowest BCUT2D eigenvalue weighted by molar-refractivity contribution is 1.51. The molecule has 1 heterocycles. The van der Waals surface area contributed by atoms with Gasteiger partial charge in [0, 0.05) is 5.56 Å². The van der Waals surface area contributed by atoms with Gasteiger partial charge in [0.2, 0.25) is 0 Å². The number of hydrogen-bond acceptors (Lipinski definition) is 3. The second-order valence-corrected chi connectivity index (χ2v) is 5.77. The van der Waals surface area contributed by atoms with Gasteiger partial charge in [0.15, 0.2) is 0 Å². The maximum Gasteiger partial charge on any atom is 0.114 e. The van der Waals surface area contributed by atoms with Gasteiger partial charge in [0.05, 0.1) is 20.5 Å². The van der Waals surface area contributed by atoms with Crippen LogP contribution >= 0.6 is 55.5 Å². The zero-order valence-corrected chi connectivity index (χ0v) is 9.80. The monoisotopic (exact) mass is 267 g/mol. The fourth-order valence-corrected chi connectivity index (χ4v) is 4.48.